The Bertz CT molecular complexity index is 697. The van der Waals surface area contributed by atoms with E-state index in [2.05, 4.69) is 31.8 Å². The lowest BCUT2D eigenvalue weighted by atomic mass is 10.1. The Morgan fingerprint density at radius 3 is 2.42 bits per heavy atom. The van der Waals surface area contributed by atoms with Crippen LogP contribution in [0.4, 0.5) is 5.69 Å². The van der Waals surface area contributed by atoms with Crippen LogP contribution in [0.3, 0.4) is 0 Å². The Morgan fingerprint density at radius 2 is 1.79 bits per heavy atom. The van der Waals surface area contributed by atoms with Gasteiger partial charge in [-0.2, -0.15) is 5.10 Å². The van der Waals surface area contributed by atoms with Crippen LogP contribution in [0, 0.1) is 0 Å². The number of rotatable bonds is 7. The minimum atomic E-state index is -0.205. The molecule has 0 fully saturated rings. The first kappa shape index (κ1) is 18.0. The van der Waals surface area contributed by atoms with Crippen LogP contribution in [0.1, 0.15) is 19.4 Å². The van der Waals surface area contributed by atoms with Gasteiger partial charge in [0, 0.05) is 10.2 Å². The molecule has 0 saturated carbocycles. The number of hydrogen-bond acceptors (Lipinski definition) is 4. The largest absolute Gasteiger partial charge is 0.494 e. The molecule has 0 spiro atoms. The lowest BCUT2D eigenvalue weighted by Gasteiger charge is -2.07. The molecule has 0 aliphatic heterocycles. The molecule has 6 heteroatoms. The Hall–Kier alpha value is -2.34. The lowest BCUT2D eigenvalue weighted by Crippen LogP contribution is -2.26. The second-order valence-corrected chi connectivity index (χ2v) is 5.97. The monoisotopic (exact) mass is 389 g/mol. The van der Waals surface area contributed by atoms with Gasteiger partial charge in [-0.3, -0.25) is 4.79 Å². The van der Waals surface area contributed by atoms with Crippen molar-refractivity contribution in [1.29, 1.82) is 0 Å². The Balaban J connectivity index is 1.84. The molecule has 0 aliphatic rings. The maximum absolute atomic E-state index is 11.8. The molecule has 0 aromatic heterocycles. The fourth-order valence-electron chi connectivity index (χ4n) is 1.96. The van der Waals surface area contributed by atoms with Crippen LogP contribution >= 0.6 is 15.9 Å². The van der Waals surface area contributed by atoms with Gasteiger partial charge in [0.25, 0.3) is 5.91 Å². The van der Waals surface area contributed by atoms with Crippen molar-refractivity contribution in [2.45, 2.75) is 13.8 Å². The van der Waals surface area contributed by atoms with Gasteiger partial charge in [-0.05, 0) is 67.9 Å². The summed E-state index contributed by atoms with van der Waals surface area (Å²) in [5.41, 5.74) is 5.09. The Morgan fingerprint density at radius 1 is 1.12 bits per heavy atom. The number of nitrogens with zero attached hydrogens (tertiary/aromatic N) is 1. The summed E-state index contributed by atoms with van der Waals surface area (Å²) in [6.45, 7) is 4.58. The molecule has 0 unspecified atom stereocenters. The van der Waals surface area contributed by atoms with E-state index in [9.17, 15) is 4.79 Å². The third-order valence-electron chi connectivity index (χ3n) is 3.23. The number of carbonyl (C=O) groups excluding carboxylic acids is 1. The minimum absolute atomic E-state index is 0.154. The number of halogens is 1. The fraction of sp³-hybridized carbons (Fsp3) is 0.222. The van der Waals surface area contributed by atoms with E-state index in [0.29, 0.717) is 6.61 Å². The second kappa shape index (κ2) is 9.08. The van der Waals surface area contributed by atoms with Crippen LogP contribution in [0.5, 0.6) is 5.75 Å². The summed E-state index contributed by atoms with van der Waals surface area (Å²) in [6, 6.07) is 15.2. The van der Waals surface area contributed by atoms with Crippen molar-refractivity contribution in [3.63, 3.8) is 0 Å². The molecular weight excluding hydrogens is 370 g/mol. The highest BCUT2D eigenvalue weighted by atomic mass is 79.9. The Kier molecular flexibility index (Phi) is 6.81. The number of anilines is 1. The van der Waals surface area contributed by atoms with Crippen LogP contribution in [-0.4, -0.2) is 24.8 Å². The molecular formula is C18H20BrN3O2. The van der Waals surface area contributed by atoms with Gasteiger partial charge >= 0.3 is 0 Å². The second-order valence-electron chi connectivity index (χ2n) is 5.05. The van der Waals surface area contributed by atoms with Gasteiger partial charge in [-0.25, -0.2) is 5.43 Å². The molecule has 1 amide bonds. The molecule has 0 heterocycles. The van der Waals surface area contributed by atoms with Gasteiger partial charge in [0.05, 0.1) is 18.9 Å². The van der Waals surface area contributed by atoms with Crippen LogP contribution in [0.15, 0.2) is 58.1 Å². The highest BCUT2D eigenvalue weighted by Gasteiger charge is 2.02. The van der Waals surface area contributed by atoms with Crippen molar-refractivity contribution in [2.24, 2.45) is 5.10 Å². The molecule has 0 aliphatic carbocycles. The highest BCUT2D eigenvalue weighted by molar-refractivity contribution is 9.10. The molecule has 0 atom stereocenters. The van der Waals surface area contributed by atoms with E-state index in [-0.39, 0.29) is 12.5 Å². The SMILES string of the molecule is CCOc1ccc(/C(C)=N\NC(=O)CNc2ccc(Br)cc2)cc1. The number of ether oxygens (including phenoxy) is 1. The van der Waals surface area contributed by atoms with Crippen LogP contribution in [-0.2, 0) is 4.79 Å². The molecule has 0 saturated heterocycles. The predicted molar refractivity (Wildman–Crippen MR) is 101 cm³/mol. The van der Waals surface area contributed by atoms with E-state index < -0.39 is 0 Å². The van der Waals surface area contributed by atoms with E-state index >= 15 is 0 Å². The topological polar surface area (TPSA) is 62.7 Å². The van der Waals surface area contributed by atoms with E-state index in [1.165, 1.54) is 0 Å². The van der Waals surface area contributed by atoms with Crippen LogP contribution < -0.4 is 15.5 Å². The summed E-state index contributed by atoms with van der Waals surface area (Å²) in [5.74, 6) is 0.611. The summed E-state index contributed by atoms with van der Waals surface area (Å²) in [7, 11) is 0. The van der Waals surface area contributed by atoms with Gasteiger partial charge in [-0.1, -0.05) is 15.9 Å². The van der Waals surface area contributed by atoms with Crippen molar-refractivity contribution < 1.29 is 9.53 Å². The fourth-order valence-corrected chi connectivity index (χ4v) is 2.22. The van der Waals surface area contributed by atoms with Gasteiger partial charge < -0.3 is 10.1 Å². The highest BCUT2D eigenvalue weighted by Crippen LogP contribution is 2.14. The normalized spacial score (nSPS) is 11.0. The zero-order valence-electron chi connectivity index (χ0n) is 13.7. The number of carbonyl (C=O) groups is 1. The third-order valence-corrected chi connectivity index (χ3v) is 3.76. The average Bonchev–Trinajstić information content (AvgIpc) is 2.60. The number of nitrogens with one attached hydrogen (secondary N) is 2. The molecule has 2 aromatic rings. The molecule has 0 bridgehead atoms. The molecule has 5 nitrogen and oxygen atoms in total. The quantitative estimate of drug-likeness (QED) is 0.559. The zero-order valence-corrected chi connectivity index (χ0v) is 15.3. The van der Waals surface area contributed by atoms with Crippen LogP contribution in [0.25, 0.3) is 0 Å². The maximum Gasteiger partial charge on any atom is 0.259 e. The van der Waals surface area contributed by atoms with E-state index in [4.69, 9.17) is 4.74 Å². The van der Waals surface area contributed by atoms with Gasteiger partial charge in [-0.15, -0.1) is 0 Å². The van der Waals surface area contributed by atoms with Crippen molar-refractivity contribution in [1.82, 2.24) is 5.43 Å². The lowest BCUT2D eigenvalue weighted by molar-refractivity contribution is -0.119. The van der Waals surface area contributed by atoms with Crippen molar-refractivity contribution in [3.8, 4) is 5.75 Å². The van der Waals surface area contributed by atoms with Gasteiger partial charge in [0.1, 0.15) is 5.75 Å². The van der Waals surface area contributed by atoms with Crippen molar-refractivity contribution in [2.75, 3.05) is 18.5 Å². The molecule has 2 aromatic carbocycles. The van der Waals surface area contributed by atoms with E-state index in [1.807, 2.05) is 62.4 Å². The van der Waals surface area contributed by atoms with Crippen molar-refractivity contribution in [3.05, 3.63) is 58.6 Å². The number of amides is 1. The van der Waals surface area contributed by atoms with Crippen molar-refractivity contribution >= 4 is 33.2 Å². The zero-order chi connectivity index (χ0) is 17.4. The molecule has 126 valence electrons. The minimum Gasteiger partial charge on any atom is -0.494 e. The average molecular weight is 390 g/mol. The summed E-state index contributed by atoms with van der Waals surface area (Å²) in [6.07, 6.45) is 0. The first-order chi connectivity index (χ1) is 11.6. The summed E-state index contributed by atoms with van der Waals surface area (Å²) in [4.78, 5) is 11.8. The first-order valence-corrected chi connectivity index (χ1v) is 8.43. The van der Waals surface area contributed by atoms with Gasteiger partial charge in [0.15, 0.2) is 0 Å². The summed E-state index contributed by atoms with van der Waals surface area (Å²) in [5, 5.41) is 7.16. The predicted octanol–water partition coefficient (Wildman–Crippen LogP) is 3.80. The first-order valence-electron chi connectivity index (χ1n) is 7.64. The third kappa shape index (κ3) is 5.70. The van der Waals surface area contributed by atoms with E-state index in [1.54, 1.807) is 0 Å². The smallest absolute Gasteiger partial charge is 0.259 e. The molecule has 2 N–H and O–H groups in total. The summed E-state index contributed by atoms with van der Waals surface area (Å²) < 4.78 is 6.39. The molecule has 24 heavy (non-hydrogen) atoms. The number of benzene rings is 2. The number of hydrogen-bond donors (Lipinski definition) is 2. The standard InChI is InChI=1S/C18H20BrN3O2/c1-3-24-17-10-4-14(5-11-17)13(2)21-22-18(23)12-20-16-8-6-15(19)7-9-16/h4-11,20H,3,12H2,1-2H3,(H,22,23)/b21-13-. The van der Waals surface area contributed by atoms with Crippen LogP contribution in [0.2, 0.25) is 0 Å². The maximum atomic E-state index is 11.8. The van der Waals surface area contributed by atoms with Gasteiger partial charge in [0.2, 0.25) is 0 Å². The summed E-state index contributed by atoms with van der Waals surface area (Å²) >= 11 is 3.37. The molecule has 2 rings (SSSR count). The Labute approximate surface area is 150 Å². The molecule has 0 radical (unpaired) electrons. The number of hydrazone groups is 1. The van der Waals surface area contributed by atoms with E-state index in [0.717, 1.165) is 27.2 Å².